The third-order valence-electron chi connectivity index (χ3n) is 4.24. The van der Waals surface area contributed by atoms with Crippen molar-refractivity contribution in [3.05, 3.63) is 64.3 Å². The summed E-state index contributed by atoms with van der Waals surface area (Å²) in [6, 6.07) is 12.3. The highest BCUT2D eigenvalue weighted by Gasteiger charge is 2.40. The number of fused-ring (bicyclic) bond motifs is 1. The number of halogens is 2. The second kappa shape index (κ2) is 9.33. The molecule has 1 atom stereocenters. The Labute approximate surface area is 179 Å². The monoisotopic (exact) mass is 454 g/mol. The lowest BCUT2D eigenvalue weighted by molar-refractivity contribution is 0.214. The Morgan fingerprint density at radius 1 is 1.14 bits per heavy atom. The largest absolute Gasteiger partial charge is 0.508 e. The number of hydrogen-bond donors (Lipinski definition) is 2. The number of aromatic nitrogens is 1. The third kappa shape index (κ3) is 4.68. The van der Waals surface area contributed by atoms with Crippen molar-refractivity contribution in [2.75, 3.05) is 18.5 Å². The Balaban J connectivity index is 2.23. The van der Waals surface area contributed by atoms with Gasteiger partial charge in [-0.05, 0) is 36.8 Å². The summed E-state index contributed by atoms with van der Waals surface area (Å²) >= 11 is 12.2. The molecule has 3 aromatic rings. The molecule has 1 heterocycles. The molecule has 2 N–H and O–H groups in total. The molecule has 1 unspecified atom stereocenters. The zero-order valence-corrected chi connectivity index (χ0v) is 18.3. The van der Waals surface area contributed by atoms with Gasteiger partial charge in [0.2, 0.25) is 0 Å². The van der Waals surface area contributed by atoms with Crippen LogP contribution < -0.4 is 5.32 Å². The van der Waals surface area contributed by atoms with Crippen LogP contribution in [-0.2, 0) is 13.6 Å². The number of aromatic hydroxyl groups is 1. The lowest BCUT2D eigenvalue weighted by atomic mass is 10.0. The first kappa shape index (κ1) is 21.9. The van der Waals surface area contributed by atoms with Crippen molar-refractivity contribution < 1.29 is 18.7 Å². The van der Waals surface area contributed by atoms with E-state index in [1.165, 1.54) is 12.3 Å². The highest BCUT2D eigenvalue weighted by molar-refractivity contribution is 7.54. The maximum absolute atomic E-state index is 13.8. The van der Waals surface area contributed by atoms with E-state index < -0.39 is 13.4 Å². The summed E-state index contributed by atoms with van der Waals surface area (Å²) in [5.41, 5.74) is 0.376. The van der Waals surface area contributed by atoms with Gasteiger partial charge in [-0.1, -0.05) is 53.5 Å². The van der Waals surface area contributed by atoms with Gasteiger partial charge in [0.15, 0.2) is 5.78 Å². The first-order valence-electron chi connectivity index (χ1n) is 9.06. The first-order chi connectivity index (χ1) is 13.9. The van der Waals surface area contributed by atoms with E-state index in [2.05, 4.69) is 10.3 Å². The van der Waals surface area contributed by atoms with Crippen molar-refractivity contribution in [1.82, 2.24) is 4.98 Å². The number of phenols is 1. The molecule has 0 bridgehead atoms. The summed E-state index contributed by atoms with van der Waals surface area (Å²) in [7, 11) is -3.78. The maximum atomic E-state index is 13.8. The molecule has 0 amide bonds. The average molecular weight is 455 g/mol. The topological polar surface area (TPSA) is 80.7 Å². The predicted molar refractivity (Wildman–Crippen MR) is 117 cm³/mol. The Morgan fingerprint density at radius 2 is 1.83 bits per heavy atom. The second-order valence-corrected chi connectivity index (χ2v) is 9.08. The number of nitrogens with one attached hydrogen (secondary N) is 1. The van der Waals surface area contributed by atoms with Crippen molar-refractivity contribution in [3.63, 3.8) is 0 Å². The molecule has 0 spiro atoms. The van der Waals surface area contributed by atoms with E-state index in [9.17, 15) is 9.67 Å². The van der Waals surface area contributed by atoms with Crippen LogP contribution in [0, 0.1) is 0 Å². The van der Waals surface area contributed by atoms with Gasteiger partial charge in [-0.15, -0.1) is 0 Å². The van der Waals surface area contributed by atoms with Crippen molar-refractivity contribution in [1.29, 1.82) is 0 Å². The van der Waals surface area contributed by atoms with Gasteiger partial charge in [-0.25, -0.2) is 4.98 Å². The van der Waals surface area contributed by atoms with E-state index in [0.717, 1.165) is 5.39 Å². The normalized spacial score (nSPS) is 12.8. The number of anilines is 1. The van der Waals surface area contributed by atoms with Crippen molar-refractivity contribution in [2.24, 2.45) is 0 Å². The van der Waals surface area contributed by atoms with Gasteiger partial charge >= 0.3 is 7.60 Å². The Kier molecular flexibility index (Phi) is 7.04. The summed E-state index contributed by atoms with van der Waals surface area (Å²) in [6.45, 7) is 3.75. The van der Waals surface area contributed by atoms with Crippen LogP contribution in [0.1, 0.15) is 25.2 Å². The summed E-state index contributed by atoms with van der Waals surface area (Å²) in [5, 5.41) is 16.0. The van der Waals surface area contributed by atoms with Gasteiger partial charge in [0.25, 0.3) is 0 Å². The van der Waals surface area contributed by atoms with Gasteiger partial charge in [0, 0.05) is 11.8 Å². The highest BCUT2D eigenvalue weighted by Crippen LogP contribution is 2.63. The molecule has 3 rings (SSSR count). The lowest BCUT2D eigenvalue weighted by Crippen LogP contribution is -2.17. The zero-order valence-electron chi connectivity index (χ0n) is 15.9. The molecule has 1 aromatic heterocycles. The number of phenolic OH excluding ortho intramolecular Hbond substituents is 1. The van der Waals surface area contributed by atoms with Crippen molar-refractivity contribution >= 4 is 47.4 Å². The van der Waals surface area contributed by atoms with Crippen LogP contribution in [-0.4, -0.2) is 23.3 Å². The highest BCUT2D eigenvalue weighted by atomic mass is 35.5. The van der Waals surface area contributed by atoms with Gasteiger partial charge in [0.1, 0.15) is 11.6 Å². The van der Waals surface area contributed by atoms with Crippen LogP contribution in [0.2, 0.25) is 10.0 Å². The fraction of sp³-hybridized carbons (Fsp3) is 0.250. The molecule has 154 valence electrons. The molecule has 0 saturated heterocycles. The molecule has 0 aliphatic rings. The molecule has 0 aliphatic carbocycles. The predicted octanol–water partition coefficient (Wildman–Crippen LogP) is 6.62. The number of nitrogens with zero attached hydrogens (tertiary/aromatic N) is 1. The quantitative estimate of drug-likeness (QED) is 0.372. The van der Waals surface area contributed by atoms with Crippen LogP contribution >= 0.6 is 30.8 Å². The third-order valence-corrected chi connectivity index (χ3v) is 6.99. The zero-order chi connectivity index (χ0) is 21.0. The Hall–Kier alpha value is -1.82. The summed E-state index contributed by atoms with van der Waals surface area (Å²) in [5.74, 6) is -0.862. The molecule has 0 radical (unpaired) electrons. The molecule has 6 nitrogen and oxygen atoms in total. The fourth-order valence-electron chi connectivity index (χ4n) is 3.08. The van der Waals surface area contributed by atoms with Crippen LogP contribution in [0.15, 0.2) is 48.7 Å². The molecular formula is C20H21Cl2N2O4P. The van der Waals surface area contributed by atoms with Gasteiger partial charge in [-0.3, -0.25) is 4.57 Å². The van der Waals surface area contributed by atoms with E-state index in [4.69, 9.17) is 32.2 Å². The molecule has 0 saturated carbocycles. The molecule has 0 aliphatic heterocycles. The van der Waals surface area contributed by atoms with E-state index in [1.54, 1.807) is 26.0 Å². The van der Waals surface area contributed by atoms with Crippen LogP contribution in [0.3, 0.4) is 0 Å². The summed E-state index contributed by atoms with van der Waals surface area (Å²) in [6.07, 6.45) is 1.42. The summed E-state index contributed by atoms with van der Waals surface area (Å²) in [4.78, 5) is 4.20. The standard InChI is InChI=1S/C20H21Cl2N2O4P/c1-3-27-29(26,28-4-2)20(24-19-16(22)11-14(21)12-23-19)18-15-8-6-5-7-13(15)9-10-17(18)25/h5-12,20,25H,3-4H2,1-2H3,(H,23,24). The van der Waals surface area contributed by atoms with Crippen molar-refractivity contribution in [3.8, 4) is 5.75 Å². The smallest absolute Gasteiger partial charge is 0.357 e. The van der Waals surface area contributed by atoms with E-state index in [-0.39, 0.29) is 29.8 Å². The van der Waals surface area contributed by atoms with Crippen LogP contribution in [0.4, 0.5) is 5.82 Å². The van der Waals surface area contributed by atoms with Gasteiger partial charge in [-0.2, -0.15) is 0 Å². The minimum absolute atomic E-state index is 0.0501. The number of pyridine rings is 1. The SMILES string of the molecule is CCOP(=O)(OCC)C(Nc1ncc(Cl)cc1Cl)c1c(O)ccc2ccccc12. The Morgan fingerprint density at radius 3 is 2.48 bits per heavy atom. The summed E-state index contributed by atoms with van der Waals surface area (Å²) < 4.78 is 25.0. The minimum atomic E-state index is -3.78. The number of rotatable bonds is 8. The molecule has 0 fully saturated rings. The molecule has 9 heteroatoms. The average Bonchev–Trinajstić information content (AvgIpc) is 2.68. The van der Waals surface area contributed by atoms with Crippen LogP contribution in [0.25, 0.3) is 10.8 Å². The maximum Gasteiger partial charge on any atom is 0.357 e. The first-order valence-corrected chi connectivity index (χ1v) is 11.4. The fourth-order valence-corrected chi connectivity index (χ4v) is 5.47. The number of benzene rings is 2. The second-order valence-electron chi connectivity index (χ2n) is 6.13. The minimum Gasteiger partial charge on any atom is -0.508 e. The van der Waals surface area contributed by atoms with Gasteiger partial charge < -0.3 is 19.5 Å². The molecular weight excluding hydrogens is 434 g/mol. The molecule has 29 heavy (non-hydrogen) atoms. The van der Waals surface area contributed by atoms with E-state index >= 15 is 0 Å². The van der Waals surface area contributed by atoms with Crippen LogP contribution in [0.5, 0.6) is 5.75 Å². The molecule has 2 aromatic carbocycles. The van der Waals surface area contributed by atoms with E-state index in [0.29, 0.717) is 16.0 Å². The Bertz CT molecular complexity index is 1050. The van der Waals surface area contributed by atoms with Crippen molar-refractivity contribution in [2.45, 2.75) is 19.6 Å². The lowest BCUT2D eigenvalue weighted by Gasteiger charge is -2.29. The van der Waals surface area contributed by atoms with E-state index in [1.807, 2.05) is 24.3 Å². The van der Waals surface area contributed by atoms with Gasteiger partial charge in [0.05, 0.1) is 23.3 Å². The number of hydrogen-bond acceptors (Lipinski definition) is 6.